The highest BCUT2D eigenvalue weighted by atomic mass is 14.7. The lowest BCUT2D eigenvalue weighted by molar-refractivity contribution is 0.376. The molecule has 1 heteroatoms. The van der Waals surface area contributed by atoms with Crippen molar-refractivity contribution in [3.63, 3.8) is 0 Å². The first-order valence-corrected chi connectivity index (χ1v) is 6.60. The number of nitrogens with zero attached hydrogens (tertiary/aromatic N) is 1. The van der Waals surface area contributed by atoms with E-state index >= 15 is 0 Å². The van der Waals surface area contributed by atoms with E-state index in [0.717, 1.165) is 12.8 Å². The molecule has 0 aromatic carbocycles. The topological polar surface area (TPSA) is 12.9 Å². The van der Waals surface area contributed by atoms with Crippen molar-refractivity contribution < 1.29 is 0 Å². The smallest absolute Gasteiger partial charge is 0.0404 e. The molecule has 0 N–H and O–H groups in total. The Kier molecular flexibility index (Phi) is 4.35. The molecule has 0 saturated carbocycles. The summed E-state index contributed by atoms with van der Waals surface area (Å²) >= 11 is 0. The highest BCUT2D eigenvalue weighted by Gasteiger charge is 2.12. The Morgan fingerprint density at radius 3 is 2.00 bits per heavy atom. The van der Waals surface area contributed by atoms with Gasteiger partial charge >= 0.3 is 0 Å². The second-order valence-corrected chi connectivity index (χ2v) is 7.46. The predicted molar refractivity (Wildman–Crippen MR) is 75.2 cm³/mol. The van der Waals surface area contributed by atoms with Crippen LogP contribution < -0.4 is 0 Å². The predicted octanol–water partition coefficient (Wildman–Crippen LogP) is 4.65. The van der Waals surface area contributed by atoms with E-state index in [4.69, 9.17) is 0 Å². The standard InChI is InChI=1S/C16H27N/c1-15(2,3)10-9-14-8-7-13(12-17-14)11-16(4,5)6/h7-8,12H,9-11H2,1-6H3. The van der Waals surface area contributed by atoms with Gasteiger partial charge in [-0.05, 0) is 41.7 Å². The van der Waals surface area contributed by atoms with Gasteiger partial charge in [-0.3, -0.25) is 4.98 Å². The molecular formula is C16H27N. The third kappa shape index (κ3) is 6.45. The molecule has 1 rings (SSSR count). The molecule has 0 spiro atoms. The van der Waals surface area contributed by atoms with Crippen molar-refractivity contribution in [1.82, 2.24) is 4.98 Å². The maximum Gasteiger partial charge on any atom is 0.0404 e. The molecule has 1 aromatic heterocycles. The zero-order valence-corrected chi connectivity index (χ0v) is 12.3. The SMILES string of the molecule is CC(C)(C)CCc1ccc(CC(C)(C)C)cn1. The monoisotopic (exact) mass is 233 g/mol. The molecular weight excluding hydrogens is 206 g/mol. The molecule has 0 amide bonds. The van der Waals surface area contributed by atoms with Crippen LogP contribution in [0.15, 0.2) is 18.3 Å². The van der Waals surface area contributed by atoms with Gasteiger partial charge in [0.1, 0.15) is 0 Å². The van der Waals surface area contributed by atoms with E-state index in [9.17, 15) is 0 Å². The average Bonchev–Trinajstić information content (AvgIpc) is 2.13. The molecule has 0 unspecified atom stereocenters. The first-order chi connectivity index (χ1) is 7.66. The van der Waals surface area contributed by atoms with Crippen molar-refractivity contribution in [3.8, 4) is 0 Å². The lowest BCUT2D eigenvalue weighted by Crippen LogP contribution is -2.10. The fourth-order valence-electron chi connectivity index (χ4n) is 1.82. The number of hydrogen-bond acceptors (Lipinski definition) is 1. The molecule has 0 bridgehead atoms. The molecule has 0 aliphatic heterocycles. The van der Waals surface area contributed by atoms with Crippen LogP contribution in [0.1, 0.15) is 59.2 Å². The van der Waals surface area contributed by atoms with Crippen molar-refractivity contribution >= 4 is 0 Å². The van der Waals surface area contributed by atoms with Gasteiger partial charge in [0.05, 0.1) is 0 Å². The Bertz CT molecular complexity index is 335. The maximum absolute atomic E-state index is 4.57. The van der Waals surface area contributed by atoms with Crippen LogP contribution in [-0.4, -0.2) is 4.98 Å². The third-order valence-corrected chi connectivity index (χ3v) is 2.75. The molecule has 1 heterocycles. The summed E-state index contributed by atoms with van der Waals surface area (Å²) in [5, 5.41) is 0. The zero-order valence-electron chi connectivity index (χ0n) is 12.3. The van der Waals surface area contributed by atoms with Crippen LogP contribution in [0.4, 0.5) is 0 Å². The molecule has 0 atom stereocenters. The highest BCUT2D eigenvalue weighted by molar-refractivity contribution is 5.15. The van der Waals surface area contributed by atoms with Crippen molar-refractivity contribution in [1.29, 1.82) is 0 Å². The van der Waals surface area contributed by atoms with E-state index in [-0.39, 0.29) is 0 Å². The molecule has 0 saturated heterocycles. The Balaban J connectivity index is 2.56. The molecule has 0 fully saturated rings. The number of aromatic nitrogens is 1. The molecule has 1 aromatic rings. The summed E-state index contributed by atoms with van der Waals surface area (Å²) in [6.45, 7) is 13.6. The Morgan fingerprint density at radius 2 is 1.59 bits per heavy atom. The van der Waals surface area contributed by atoms with Crippen molar-refractivity contribution in [2.45, 2.75) is 60.8 Å². The van der Waals surface area contributed by atoms with E-state index in [2.05, 4.69) is 58.7 Å². The number of pyridine rings is 1. The largest absolute Gasteiger partial charge is 0.261 e. The van der Waals surface area contributed by atoms with Gasteiger partial charge < -0.3 is 0 Å². The second-order valence-electron chi connectivity index (χ2n) is 7.46. The molecule has 17 heavy (non-hydrogen) atoms. The van der Waals surface area contributed by atoms with E-state index in [1.165, 1.54) is 17.7 Å². The number of hydrogen-bond donors (Lipinski definition) is 0. The zero-order chi connectivity index (χ0) is 13.1. The molecule has 1 nitrogen and oxygen atoms in total. The van der Waals surface area contributed by atoms with Gasteiger partial charge in [0.2, 0.25) is 0 Å². The lowest BCUT2D eigenvalue weighted by atomic mass is 9.88. The van der Waals surface area contributed by atoms with Gasteiger partial charge in [0, 0.05) is 11.9 Å². The summed E-state index contributed by atoms with van der Waals surface area (Å²) in [5.41, 5.74) is 3.30. The average molecular weight is 233 g/mol. The van der Waals surface area contributed by atoms with Gasteiger partial charge in [-0.1, -0.05) is 47.6 Å². The van der Waals surface area contributed by atoms with Crippen LogP contribution in [0.25, 0.3) is 0 Å². The minimum Gasteiger partial charge on any atom is -0.261 e. The van der Waals surface area contributed by atoms with Crippen molar-refractivity contribution in [2.24, 2.45) is 10.8 Å². The van der Waals surface area contributed by atoms with Crippen molar-refractivity contribution in [3.05, 3.63) is 29.6 Å². The number of rotatable bonds is 3. The fourth-order valence-corrected chi connectivity index (χ4v) is 1.82. The molecule has 0 radical (unpaired) electrons. The van der Waals surface area contributed by atoms with Gasteiger partial charge in [-0.15, -0.1) is 0 Å². The van der Waals surface area contributed by atoms with Gasteiger partial charge in [-0.2, -0.15) is 0 Å². The Labute approximate surface area is 107 Å². The van der Waals surface area contributed by atoms with Crippen LogP contribution in [0.3, 0.4) is 0 Å². The molecule has 0 aliphatic rings. The van der Waals surface area contributed by atoms with Crippen LogP contribution >= 0.6 is 0 Å². The van der Waals surface area contributed by atoms with Gasteiger partial charge in [0.15, 0.2) is 0 Å². The summed E-state index contributed by atoms with van der Waals surface area (Å²) in [4.78, 5) is 4.57. The Morgan fingerprint density at radius 1 is 0.941 bits per heavy atom. The minimum absolute atomic E-state index is 0.342. The van der Waals surface area contributed by atoms with Crippen molar-refractivity contribution in [2.75, 3.05) is 0 Å². The quantitative estimate of drug-likeness (QED) is 0.740. The van der Waals surface area contributed by atoms with Crippen LogP contribution in [0, 0.1) is 10.8 Å². The lowest BCUT2D eigenvalue weighted by Gasteiger charge is -2.19. The molecule has 96 valence electrons. The Hall–Kier alpha value is -0.850. The summed E-state index contributed by atoms with van der Waals surface area (Å²) in [5.74, 6) is 0. The van der Waals surface area contributed by atoms with Crippen LogP contribution in [0.2, 0.25) is 0 Å². The summed E-state index contributed by atoms with van der Waals surface area (Å²) in [7, 11) is 0. The van der Waals surface area contributed by atoms with E-state index in [0.29, 0.717) is 10.8 Å². The maximum atomic E-state index is 4.57. The fraction of sp³-hybridized carbons (Fsp3) is 0.688. The molecule has 0 aliphatic carbocycles. The van der Waals surface area contributed by atoms with E-state index < -0.39 is 0 Å². The summed E-state index contributed by atoms with van der Waals surface area (Å²) in [6.07, 6.45) is 5.42. The number of aryl methyl sites for hydroxylation is 1. The minimum atomic E-state index is 0.342. The summed E-state index contributed by atoms with van der Waals surface area (Å²) in [6, 6.07) is 4.42. The van der Waals surface area contributed by atoms with Crippen LogP contribution in [0.5, 0.6) is 0 Å². The first kappa shape index (κ1) is 14.2. The summed E-state index contributed by atoms with van der Waals surface area (Å²) < 4.78 is 0. The second kappa shape index (κ2) is 5.20. The van der Waals surface area contributed by atoms with Gasteiger partial charge in [-0.25, -0.2) is 0 Å². The third-order valence-electron chi connectivity index (χ3n) is 2.75. The normalized spacial score (nSPS) is 12.8. The van der Waals surface area contributed by atoms with Crippen LogP contribution in [-0.2, 0) is 12.8 Å². The van der Waals surface area contributed by atoms with E-state index in [1.54, 1.807) is 0 Å². The first-order valence-electron chi connectivity index (χ1n) is 6.60. The van der Waals surface area contributed by atoms with Gasteiger partial charge in [0.25, 0.3) is 0 Å². The van der Waals surface area contributed by atoms with E-state index in [1.807, 2.05) is 6.20 Å². The highest BCUT2D eigenvalue weighted by Crippen LogP contribution is 2.22.